The molecule has 0 aromatic heterocycles. The second-order valence-corrected chi connectivity index (χ2v) is 6.62. The van der Waals surface area contributed by atoms with Crippen LogP contribution in [0.15, 0.2) is 0 Å². The summed E-state index contributed by atoms with van der Waals surface area (Å²) in [5, 5.41) is 3.70. The Morgan fingerprint density at radius 2 is 1.75 bits per heavy atom. The number of ether oxygens (including phenoxy) is 1. The van der Waals surface area contributed by atoms with Crippen molar-refractivity contribution < 1.29 is 4.74 Å². The minimum atomic E-state index is 0.413. The van der Waals surface area contributed by atoms with Crippen molar-refractivity contribution in [1.29, 1.82) is 0 Å². The molecule has 1 aliphatic carbocycles. The molecule has 0 bridgehead atoms. The smallest absolute Gasteiger partial charge is 0.0468 e. The van der Waals surface area contributed by atoms with Gasteiger partial charge < -0.3 is 10.1 Å². The fourth-order valence-electron chi connectivity index (χ4n) is 4.65. The van der Waals surface area contributed by atoms with Crippen LogP contribution < -0.4 is 5.32 Å². The van der Waals surface area contributed by atoms with Crippen molar-refractivity contribution in [3.8, 4) is 0 Å². The Kier molecular flexibility index (Phi) is 6.31. The summed E-state index contributed by atoms with van der Waals surface area (Å²) in [5.74, 6) is 0.856. The fraction of sp³-hybridized carbons (Fsp3) is 1.00. The maximum Gasteiger partial charge on any atom is 0.0468 e. The van der Waals surface area contributed by atoms with Gasteiger partial charge in [-0.2, -0.15) is 0 Å². The number of hydrogen-bond donors (Lipinski definition) is 1. The summed E-state index contributed by atoms with van der Waals surface area (Å²) in [5.41, 5.74) is 0.413. The maximum atomic E-state index is 5.52. The van der Waals surface area contributed by atoms with E-state index in [0.29, 0.717) is 11.6 Å². The molecule has 20 heavy (non-hydrogen) atoms. The van der Waals surface area contributed by atoms with Crippen molar-refractivity contribution in [2.45, 2.75) is 70.4 Å². The fourth-order valence-corrected chi connectivity index (χ4v) is 4.65. The van der Waals surface area contributed by atoms with Crippen LogP contribution in [0.25, 0.3) is 0 Å². The number of rotatable bonds is 7. The Balaban J connectivity index is 2.08. The van der Waals surface area contributed by atoms with Gasteiger partial charge in [0.15, 0.2) is 0 Å². The molecule has 1 heterocycles. The van der Waals surface area contributed by atoms with E-state index < -0.39 is 0 Å². The van der Waals surface area contributed by atoms with Crippen LogP contribution in [0.5, 0.6) is 0 Å². The highest BCUT2D eigenvalue weighted by atomic mass is 16.5. The lowest BCUT2D eigenvalue weighted by Crippen LogP contribution is -2.59. The lowest BCUT2D eigenvalue weighted by Gasteiger charge is -2.47. The third kappa shape index (κ3) is 3.37. The lowest BCUT2D eigenvalue weighted by atomic mass is 9.79. The van der Waals surface area contributed by atoms with Gasteiger partial charge in [0.2, 0.25) is 0 Å². The van der Waals surface area contributed by atoms with Gasteiger partial charge in [0.05, 0.1) is 0 Å². The highest BCUT2D eigenvalue weighted by molar-refractivity contribution is 5.03. The largest absolute Gasteiger partial charge is 0.381 e. The molecule has 0 amide bonds. The number of likely N-dealkylation sites (N-methyl/N-ethyl adjacent to an activating group) is 2. The van der Waals surface area contributed by atoms with Crippen LogP contribution in [0.3, 0.4) is 0 Å². The molecule has 0 spiro atoms. The summed E-state index contributed by atoms with van der Waals surface area (Å²) < 4.78 is 5.52. The molecule has 3 heteroatoms. The predicted octanol–water partition coefficient (Wildman–Crippen LogP) is 3.05. The molecule has 0 aromatic rings. The number of nitrogens with zero attached hydrogens (tertiary/aromatic N) is 1. The topological polar surface area (TPSA) is 24.5 Å². The van der Waals surface area contributed by atoms with Crippen LogP contribution in [0, 0.1) is 5.92 Å². The molecule has 2 aliphatic rings. The zero-order valence-corrected chi connectivity index (χ0v) is 13.8. The van der Waals surface area contributed by atoms with Gasteiger partial charge >= 0.3 is 0 Å². The Hall–Kier alpha value is -0.120. The number of nitrogens with one attached hydrogen (secondary N) is 1. The first-order chi connectivity index (χ1) is 9.76. The van der Waals surface area contributed by atoms with Gasteiger partial charge in [-0.05, 0) is 58.2 Å². The Morgan fingerprint density at radius 3 is 2.25 bits per heavy atom. The second-order valence-electron chi connectivity index (χ2n) is 6.62. The molecular formula is C17H34N2O. The second kappa shape index (κ2) is 7.77. The molecule has 1 N–H and O–H groups in total. The molecule has 1 unspecified atom stereocenters. The summed E-state index contributed by atoms with van der Waals surface area (Å²) in [6.07, 6.45) is 9.41. The molecule has 1 saturated heterocycles. The standard InChI is InChI=1S/C17H34N2O/c1-4-19(5-2)17(10-6-7-11-17)16(18-3)14-15-8-12-20-13-9-15/h15-16,18H,4-14H2,1-3H3. The third-order valence-electron chi connectivity index (χ3n) is 5.77. The van der Waals surface area contributed by atoms with Crippen molar-refractivity contribution in [2.75, 3.05) is 33.4 Å². The molecule has 1 atom stereocenters. The van der Waals surface area contributed by atoms with E-state index in [2.05, 4.69) is 31.1 Å². The highest BCUT2D eigenvalue weighted by Crippen LogP contribution is 2.40. The Labute approximate surface area is 125 Å². The van der Waals surface area contributed by atoms with Crippen molar-refractivity contribution in [3.63, 3.8) is 0 Å². The van der Waals surface area contributed by atoms with Crippen molar-refractivity contribution in [2.24, 2.45) is 5.92 Å². The summed E-state index contributed by atoms with van der Waals surface area (Å²) in [6.45, 7) is 8.96. The van der Waals surface area contributed by atoms with Gasteiger partial charge in [-0.15, -0.1) is 0 Å². The average Bonchev–Trinajstić information content (AvgIpc) is 2.97. The molecule has 2 fully saturated rings. The van der Waals surface area contributed by atoms with Crippen molar-refractivity contribution >= 4 is 0 Å². The lowest BCUT2D eigenvalue weighted by molar-refractivity contribution is 0.0290. The first kappa shape index (κ1) is 16.3. The third-order valence-corrected chi connectivity index (χ3v) is 5.77. The summed E-state index contributed by atoms with van der Waals surface area (Å²) in [4.78, 5) is 2.74. The van der Waals surface area contributed by atoms with Crippen LogP contribution in [-0.4, -0.2) is 49.8 Å². The molecule has 0 radical (unpaired) electrons. The first-order valence-corrected chi connectivity index (χ1v) is 8.77. The maximum absolute atomic E-state index is 5.52. The normalized spacial score (nSPS) is 25.2. The van der Waals surface area contributed by atoms with E-state index in [0.717, 1.165) is 19.1 Å². The number of hydrogen-bond acceptors (Lipinski definition) is 3. The van der Waals surface area contributed by atoms with Crippen LogP contribution in [0.4, 0.5) is 0 Å². The van der Waals surface area contributed by atoms with Gasteiger partial charge in [0.1, 0.15) is 0 Å². The van der Waals surface area contributed by atoms with Crippen LogP contribution in [-0.2, 0) is 4.74 Å². The molecule has 1 saturated carbocycles. The van der Waals surface area contributed by atoms with Gasteiger partial charge in [0, 0.05) is 24.8 Å². The summed E-state index contributed by atoms with van der Waals surface area (Å²) in [7, 11) is 2.17. The molecule has 118 valence electrons. The van der Waals surface area contributed by atoms with Crippen molar-refractivity contribution in [3.05, 3.63) is 0 Å². The first-order valence-electron chi connectivity index (χ1n) is 8.77. The van der Waals surface area contributed by atoms with Crippen molar-refractivity contribution in [1.82, 2.24) is 10.2 Å². The molecule has 3 nitrogen and oxygen atoms in total. The summed E-state index contributed by atoms with van der Waals surface area (Å²) in [6, 6.07) is 0.646. The van der Waals surface area contributed by atoms with Gasteiger partial charge in [-0.3, -0.25) is 4.90 Å². The van der Waals surface area contributed by atoms with Gasteiger partial charge in [-0.1, -0.05) is 26.7 Å². The zero-order valence-electron chi connectivity index (χ0n) is 13.8. The van der Waals surface area contributed by atoms with E-state index in [9.17, 15) is 0 Å². The summed E-state index contributed by atoms with van der Waals surface area (Å²) >= 11 is 0. The van der Waals surface area contributed by atoms with E-state index in [1.165, 1.54) is 58.0 Å². The quantitative estimate of drug-likeness (QED) is 0.777. The Morgan fingerprint density at radius 1 is 1.15 bits per heavy atom. The minimum absolute atomic E-state index is 0.413. The molecule has 0 aromatic carbocycles. The van der Waals surface area contributed by atoms with E-state index in [1.54, 1.807) is 0 Å². The molecule has 2 rings (SSSR count). The van der Waals surface area contributed by atoms with Crippen LogP contribution in [0.1, 0.15) is 58.8 Å². The van der Waals surface area contributed by atoms with Crippen LogP contribution in [0.2, 0.25) is 0 Å². The van der Waals surface area contributed by atoms with Gasteiger partial charge in [-0.25, -0.2) is 0 Å². The Bertz CT molecular complexity index is 266. The van der Waals surface area contributed by atoms with E-state index in [-0.39, 0.29) is 0 Å². The average molecular weight is 282 g/mol. The predicted molar refractivity (Wildman–Crippen MR) is 85.1 cm³/mol. The highest BCUT2D eigenvalue weighted by Gasteiger charge is 2.44. The van der Waals surface area contributed by atoms with E-state index >= 15 is 0 Å². The zero-order chi connectivity index (χ0) is 14.4. The minimum Gasteiger partial charge on any atom is -0.381 e. The van der Waals surface area contributed by atoms with Crippen LogP contribution >= 0.6 is 0 Å². The monoisotopic (exact) mass is 282 g/mol. The molecular weight excluding hydrogens is 248 g/mol. The SMILES string of the molecule is CCN(CC)C1(C(CC2CCOCC2)NC)CCCC1. The van der Waals surface area contributed by atoms with E-state index in [1.807, 2.05) is 0 Å². The van der Waals surface area contributed by atoms with E-state index in [4.69, 9.17) is 4.74 Å². The molecule has 1 aliphatic heterocycles. The van der Waals surface area contributed by atoms with Gasteiger partial charge in [0.25, 0.3) is 0 Å².